The smallest absolute Gasteiger partial charge is 0.0202 e. The summed E-state index contributed by atoms with van der Waals surface area (Å²) in [6.07, 6.45) is 2.30. The van der Waals surface area contributed by atoms with Gasteiger partial charge in [0.2, 0.25) is 0 Å². The van der Waals surface area contributed by atoms with Crippen LogP contribution < -0.4 is 5.73 Å². The standard InChI is InChI=1S/C11H21ClN2/c1-3-10-8-14(5-4-11(10)13)7-9(2)6-12/h6,10-11H,3-5,7-8,13H2,1-2H3/b9-6+. The lowest BCUT2D eigenvalue weighted by Crippen LogP contribution is -2.47. The van der Waals surface area contributed by atoms with Crippen molar-refractivity contribution >= 4 is 11.6 Å². The van der Waals surface area contributed by atoms with Crippen molar-refractivity contribution < 1.29 is 0 Å². The van der Waals surface area contributed by atoms with Crippen LogP contribution in [-0.4, -0.2) is 30.6 Å². The molecule has 82 valence electrons. The topological polar surface area (TPSA) is 29.3 Å². The molecule has 1 aliphatic heterocycles. The molecule has 0 aromatic carbocycles. The van der Waals surface area contributed by atoms with Gasteiger partial charge in [-0.1, -0.05) is 24.9 Å². The van der Waals surface area contributed by atoms with E-state index in [9.17, 15) is 0 Å². The first kappa shape index (κ1) is 12.0. The minimum Gasteiger partial charge on any atom is -0.327 e. The summed E-state index contributed by atoms with van der Waals surface area (Å²) in [6, 6.07) is 0.400. The number of nitrogens with zero attached hydrogens (tertiary/aromatic N) is 1. The number of rotatable bonds is 3. The molecule has 0 amide bonds. The molecule has 0 bridgehead atoms. The van der Waals surface area contributed by atoms with Crippen molar-refractivity contribution in [1.82, 2.24) is 4.90 Å². The summed E-state index contributed by atoms with van der Waals surface area (Å²) in [6.45, 7) is 7.52. The Balaban J connectivity index is 2.42. The lowest BCUT2D eigenvalue weighted by atomic mass is 9.90. The molecule has 14 heavy (non-hydrogen) atoms. The van der Waals surface area contributed by atoms with E-state index < -0.39 is 0 Å². The molecule has 1 aliphatic rings. The fourth-order valence-electron chi connectivity index (χ4n) is 2.09. The molecule has 0 aromatic rings. The molecule has 0 aromatic heterocycles. The van der Waals surface area contributed by atoms with Gasteiger partial charge in [0.05, 0.1) is 0 Å². The van der Waals surface area contributed by atoms with Gasteiger partial charge in [0, 0.05) is 24.7 Å². The summed E-state index contributed by atoms with van der Waals surface area (Å²) < 4.78 is 0. The summed E-state index contributed by atoms with van der Waals surface area (Å²) in [4.78, 5) is 2.45. The predicted molar refractivity (Wildman–Crippen MR) is 62.4 cm³/mol. The first-order chi connectivity index (χ1) is 6.67. The summed E-state index contributed by atoms with van der Waals surface area (Å²) in [5, 5.41) is 0. The summed E-state index contributed by atoms with van der Waals surface area (Å²) in [5.41, 5.74) is 8.96. The Kier molecular flexibility index (Phi) is 4.93. The van der Waals surface area contributed by atoms with Gasteiger partial charge in [-0.15, -0.1) is 0 Å². The molecule has 3 heteroatoms. The number of nitrogens with two attached hydrogens (primary N) is 1. The van der Waals surface area contributed by atoms with Crippen LogP contribution in [0.25, 0.3) is 0 Å². The molecule has 0 aliphatic carbocycles. The highest BCUT2D eigenvalue weighted by atomic mass is 35.5. The summed E-state index contributed by atoms with van der Waals surface area (Å²) in [7, 11) is 0. The Morgan fingerprint density at radius 2 is 2.36 bits per heavy atom. The quantitative estimate of drug-likeness (QED) is 0.784. The number of likely N-dealkylation sites (tertiary alicyclic amines) is 1. The predicted octanol–water partition coefficient (Wildman–Crippen LogP) is 2.19. The second-order valence-electron chi connectivity index (χ2n) is 4.31. The third-order valence-corrected chi connectivity index (χ3v) is 3.43. The van der Waals surface area contributed by atoms with E-state index >= 15 is 0 Å². The Bertz CT molecular complexity index is 203. The Hall–Kier alpha value is -0.0500. The molecule has 2 atom stereocenters. The van der Waals surface area contributed by atoms with Crippen LogP contribution in [0.1, 0.15) is 26.7 Å². The van der Waals surface area contributed by atoms with E-state index in [0.29, 0.717) is 12.0 Å². The molecule has 2 nitrogen and oxygen atoms in total. The molecule has 0 radical (unpaired) electrons. The number of hydrogen-bond acceptors (Lipinski definition) is 2. The van der Waals surface area contributed by atoms with Gasteiger partial charge in [0.15, 0.2) is 0 Å². The molecule has 1 saturated heterocycles. The van der Waals surface area contributed by atoms with Crippen molar-refractivity contribution in [3.05, 3.63) is 11.1 Å². The normalized spacial score (nSPS) is 30.7. The Morgan fingerprint density at radius 3 is 2.93 bits per heavy atom. The van der Waals surface area contributed by atoms with E-state index in [1.165, 1.54) is 12.0 Å². The molecular weight excluding hydrogens is 196 g/mol. The van der Waals surface area contributed by atoms with E-state index in [1.807, 2.05) is 0 Å². The lowest BCUT2D eigenvalue weighted by molar-refractivity contribution is 0.163. The minimum atomic E-state index is 0.400. The van der Waals surface area contributed by atoms with E-state index in [0.717, 1.165) is 26.1 Å². The van der Waals surface area contributed by atoms with Gasteiger partial charge in [-0.25, -0.2) is 0 Å². The van der Waals surface area contributed by atoms with Crippen molar-refractivity contribution in [2.24, 2.45) is 11.7 Å². The maximum absolute atomic E-state index is 6.05. The molecule has 0 spiro atoms. The van der Waals surface area contributed by atoms with Crippen LogP contribution in [0.4, 0.5) is 0 Å². The average molecular weight is 217 g/mol. The zero-order valence-electron chi connectivity index (χ0n) is 9.17. The van der Waals surface area contributed by atoms with Gasteiger partial charge in [0.25, 0.3) is 0 Å². The monoisotopic (exact) mass is 216 g/mol. The van der Waals surface area contributed by atoms with Gasteiger partial charge < -0.3 is 5.73 Å². The number of piperidine rings is 1. The third-order valence-electron chi connectivity index (χ3n) is 3.06. The molecule has 1 heterocycles. The van der Waals surface area contributed by atoms with Crippen LogP contribution >= 0.6 is 11.6 Å². The lowest BCUT2D eigenvalue weighted by Gasteiger charge is -2.36. The summed E-state index contributed by atoms with van der Waals surface area (Å²) >= 11 is 5.66. The highest BCUT2D eigenvalue weighted by Gasteiger charge is 2.24. The van der Waals surface area contributed by atoms with Crippen LogP contribution in [0.2, 0.25) is 0 Å². The van der Waals surface area contributed by atoms with Gasteiger partial charge in [0.1, 0.15) is 0 Å². The van der Waals surface area contributed by atoms with Crippen LogP contribution in [0, 0.1) is 5.92 Å². The molecule has 0 saturated carbocycles. The second-order valence-corrected chi connectivity index (χ2v) is 4.53. The zero-order chi connectivity index (χ0) is 10.6. The van der Waals surface area contributed by atoms with Gasteiger partial charge >= 0.3 is 0 Å². The molecular formula is C11H21ClN2. The molecule has 1 fully saturated rings. The SMILES string of the molecule is CCC1CN(C/C(C)=C/Cl)CCC1N. The van der Waals surface area contributed by atoms with Crippen LogP contribution in [0.3, 0.4) is 0 Å². The van der Waals surface area contributed by atoms with Gasteiger partial charge in [-0.3, -0.25) is 4.90 Å². The van der Waals surface area contributed by atoms with E-state index in [-0.39, 0.29) is 0 Å². The van der Waals surface area contributed by atoms with Gasteiger partial charge in [-0.2, -0.15) is 0 Å². The van der Waals surface area contributed by atoms with E-state index in [4.69, 9.17) is 17.3 Å². The zero-order valence-corrected chi connectivity index (χ0v) is 9.93. The van der Waals surface area contributed by atoms with Crippen LogP contribution in [0.15, 0.2) is 11.1 Å². The highest BCUT2D eigenvalue weighted by molar-refractivity contribution is 6.25. The maximum atomic E-state index is 6.05. The van der Waals surface area contributed by atoms with E-state index in [2.05, 4.69) is 18.7 Å². The first-order valence-electron chi connectivity index (χ1n) is 5.41. The van der Waals surface area contributed by atoms with Crippen molar-refractivity contribution in [3.63, 3.8) is 0 Å². The number of halogens is 1. The van der Waals surface area contributed by atoms with Crippen LogP contribution in [-0.2, 0) is 0 Å². The van der Waals surface area contributed by atoms with Crippen molar-refractivity contribution in [2.45, 2.75) is 32.7 Å². The average Bonchev–Trinajstić information content (AvgIpc) is 2.20. The fourth-order valence-corrected chi connectivity index (χ4v) is 2.16. The maximum Gasteiger partial charge on any atom is 0.0202 e. The molecule has 1 rings (SSSR count). The van der Waals surface area contributed by atoms with Gasteiger partial charge in [-0.05, 0) is 31.4 Å². The Labute approximate surface area is 92.1 Å². The molecule has 2 N–H and O–H groups in total. The second kappa shape index (κ2) is 5.74. The van der Waals surface area contributed by atoms with E-state index in [1.54, 1.807) is 5.54 Å². The largest absolute Gasteiger partial charge is 0.327 e. The van der Waals surface area contributed by atoms with Crippen molar-refractivity contribution in [3.8, 4) is 0 Å². The number of hydrogen-bond donors (Lipinski definition) is 1. The highest BCUT2D eigenvalue weighted by Crippen LogP contribution is 2.19. The van der Waals surface area contributed by atoms with Crippen molar-refractivity contribution in [2.75, 3.05) is 19.6 Å². The molecule has 2 unspecified atom stereocenters. The third kappa shape index (κ3) is 3.26. The first-order valence-corrected chi connectivity index (χ1v) is 5.84. The Morgan fingerprint density at radius 1 is 1.64 bits per heavy atom. The van der Waals surface area contributed by atoms with Crippen molar-refractivity contribution in [1.29, 1.82) is 0 Å². The minimum absolute atomic E-state index is 0.400. The fraction of sp³-hybridized carbons (Fsp3) is 0.818. The summed E-state index contributed by atoms with van der Waals surface area (Å²) in [5.74, 6) is 0.659. The van der Waals surface area contributed by atoms with Crippen LogP contribution in [0.5, 0.6) is 0 Å².